The van der Waals surface area contributed by atoms with Crippen LogP contribution in [0.2, 0.25) is 0 Å². The summed E-state index contributed by atoms with van der Waals surface area (Å²) in [5, 5.41) is 4.02. The first kappa shape index (κ1) is 46.4. The fourth-order valence-corrected chi connectivity index (χ4v) is 8.54. The van der Waals surface area contributed by atoms with Crippen molar-refractivity contribution in [3.63, 3.8) is 0 Å². The SMILES string of the molecule is [N-]=[N+]=N[C@@H]1C(=O)O[C@H](COCc2ccccc2)[C@@H]([C@@H]2O[C@H](COCc3ccccc3)[C@H](OCc3ccccc3)[C@H](OCc3ccccc3)[C@H]2OCc2ccccc2)[C@@H]1OCc1ccccc1. The molecule has 0 bridgehead atoms. The molecule has 12 nitrogen and oxygen atoms in total. The van der Waals surface area contributed by atoms with Gasteiger partial charge in [0.1, 0.15) is 30.5 Å². The maximum absolute atomic E-state index is 14.0. The second kappa shape index (κ2) is 24.4. The van der Waals surface area contributed by atoms with Crippen molar-refractivity contribution in [3.8, 4) is 0 Å². The normalized spacial score (nSPS) is 23.9. The van der Waals surface area contributed by atoms with Crippen LogP contribution in [-0.2, 0) is 82.3 Å². The summed E-state index contributed by atoms with van der Waals surface area (Å²) in [7, 11) is 0. The predicted octanol–water partition coefficient (Wildman–Crippen LogP) is 9.75. The van der Waals surface area contributed by atoms with E-state index in [1.807, 2.05) is 182 Å². The standard InChI is InChI=1S/C54H55N3O9/c55-57-56-48-50(62-34-42-25-13-4-14-26-42)47(45(66-54(48)58)37-59-31-39-19-7-1-8-20-39)51-53(64-36-44-29-17-6-18-30-44)52(63-35-43-27-15-5-16-28-43)49(61-33-41-23-11-3-12-24-41)46(65-51)38-60-32-40-21-9-2-10-22-40/h1-30,45-53H,31-38H2/t45-,46-,47-,48+,49+,50+,51+,52+,53+/m1/s1. The molecule has 0 aliphatic carbocycles. The summed E-state index contributed by atoms with van der Waals surface area (Å²) in [6.45, 7) is 1.43. The molecule has 6 aromatic carbocycles. The number of azide groups is 1. The van der Waals surface area contributed by atoms with Crippen LogP contribution in [0.1, 0.15) is 33.4 Å². The van der Waals surface area contributed by atoms with Gasteiger partial charge in [-0.3, -0.25) is 4.79 Å². The molecule has 0 radical (unpaired) electrons. The second-order valence-electron chi connectivity index (χ2n) is 16.4. The lowest BCUT2D eigenvalue weighted by atomic mass is 9.78. The summed E-state index contributed by atoms with van der Waals surface area (Å²) in [5.41, 5.74) is 15.6. The lowest BCUT2D eigenvalue weighted by molar-refractivity contribution is -0.299. The topological polar surface area (TPSA) is 140 Å². The van der Waals surface area contributed by atoms with E-state index in [2.05, 4.69) is 10.0 Å². The molecule has 2 heterocycles. The van der Waals surface area contributed by atoms with E-state index < -0.39 is 60.7 Å². The van der Waals surface area contributed by atoms with Crippen molar-refractivity contribution in [2.24, 2.45) is 11.0 Å². The van der Waals surface area contributed by atoms with Gasteiger partial charge in [0.05, 0.1) is 71.0 Å². The average molecular weight is 890 g/mol. The summed E-state index contributed by atoms with van der Waals surface area (Å²) < 4.78 is 54.4. The van der Waals surface area contributed by atoms with Crippen molar-refractivity contribution in [1.29, 1.82) is 0 Å². The lowest BCUT2D eigenvalue weighted by Gasteiger charge is -2.52. The van der Waals surface area contributed by atoms with Gasteiger partial charge in [0.15, 0.2) is 6.04 Å². The third-order valence-corrected chi connectivity index (χ3v) is 11.8. The highest BCUT2D eigenvalue weighted by Crippen LogP contribution is 2.41. The summed E-state index contributed by atoms with van der Waals surface area (Å²) >= 11 is 0. The Morgan fingerprint density at radius 3 is 1.20 bits per heavy atom. The molecule has 2 aliphatic rings. The summed E-state index contributed by atoms with van der Waals surface area (Å²) in [5.74, 6) is -1.55. The molecule has 8 rings (SSSR count). The minimum atomic E-state index is -1.36. The van der Waals surface area contributed by atoms with E-state index in [0.717, 1.165) is 33.4 Å². The van der Waals surface area contributed by atoms with Crippen molar-refractivity contribution in [3.05, 3.63) is 226 Å². The molecule has 66 heavy (non-hydrogen) atoms. The minimum Gasteiger partial charge on any atom is -0.459 e. The van der Waals surface area contributed by atoms with Crippen molar-refractivity contribution < 1.29 is 42.7 Å². The van der Waals surface area contributed by atoms with Gasteiger partial charge >= 0.3 is 5.97 Å². The average Bonchev–Trinajstić information content (AvgIpc) is 3.37. The van der Waals surface area contributed by atoms with Crippen LogP contribution in [-0.4, -0.2) is 68.0 Å². The number of benzene rings is 6. The quantitative estimate of drug-likeness (QED) is 0.0282. The van der Waals surface area contributed by atoms with E-state index in [1.54, 1.807) is 0 Å². The number of rotatable bonds is 22. The van der Waals surface area contributed by atoms with Crippen LogP contribution in [0.4, 0.5) is 0 Å². The van der Waals surface area contributed by atoms with Crippen LogP contribution in [0.15, 0.2) is 187 Å². The largest absolute Gasteiger partial charge is 0.459 e. The molecule has 2 saturated heterocycles. The highest BCUT2D eigenvalue weighted by Gasteiger charge is 2.58. The zero-order chi connectivity index (χ0) is 45.2. The Balaban J connectivity index is 1.22. The molecule has 0 amide bonds. The Morgan fingerprint density at radius 2 is 0.788 bits per heavy atom. The van der Waals surface area contributed by atoms with Crippen LogP contribution < -0.4 is 0 Å². The predicted molar refractivity (Wildman–Crippen MR) is 247 cm³/mol. The number of hydrogen-bond acceptors (Lipinski definition) is 10. The number of nitrogens with zero attached hydrogens (tertiary/aromatic N) is 3. The molecule has 9 atom stereocenters. The minimum absolute atomic E-state index is 0.0244. The molecule has 12 heteroatoms. The van der Waals surface area contributed by atoms with Gasteiger partial charge in [0, 0.05) is 4.91 Å². The Kier molecular flexibility index (Phi) is 17.1. The van der Waals surface area contributed by atoms with Gasteiger partial charge in [-0.05, 0) is 38.9 Å². The zero-order valence-electron chi connectivity index (χ0n) is 36.7. The Hall–Kier alpha value is -6.18. The van der Waals surface area contributed by atoms with Crippen LogP contribution >= 0.6 is 0 Å². The fraction of sp³-hybridized carbons (Fsp3) is 0.315. The van der Waals surface area contributed by atoms with Gasteiger partial charge in [-0.15, -0.1) is 0 Å². The van der Waals surface area contributed by atoms with Crippen molar-refractivity contribution >= 4 is 5.97 Å². The molecule has 0 aromatic heterocycles. The van der Waals surface area contributed by atoms with Crippen molar-refractivity contribution in [2.75, 3.05) is 13.2 Å². The van der Waals surface area contributed by atoms with Gasteiger partial charge < -0.3 is 37.9 Å². The fourth-order valence-electron chi connectivity index (χ4n) is 8.54. The summed E-state index contributed by atoms with van der Waals surface area (Å²) in [6.07, 6.45) is -6.03. The van der Waals surface area contributed by atoms with E-state index in [1.165, 1.54) is 0 Å². The number of cyclic esters (lactones) is 1. The molecule has 0 spiro atoms. The van der Waals surface area contributed by atoms with Crippen molar-refractivity contribution in [1.82, 2.24) is 0 Å². The number of hydrogen-bond donors (Lipinski definition) is 0. The van der Waals surface area contributed by atoms with E-state index in [9.17, 15) is 10.3 Å². The Morgan fingerprint density at radius 1 is 0.439 bits per heavy atom. The van der Waals surface area contributed by atoms with Crippen LogP contribution in [0.3, 0.4) is 0 Å². The number of ether oxygens (including phenoxy) is 8. The van der Waals surface area contributed by atoms with E-state index in [-0.39, 0.29) is 46.2 Å². The van der Waals surface area contributed by atoms with Gasteiger partial charge in [-0.2, -0.15) is 0 Å². The number of esters is 1. The maximum atomic E-state index is 14.0. The van der Waals surface area contributed by atoms with Gasteiger partial charge in [-0.25, -0.2) is 0 Å². The third kappa shape index (κ3) is 12.8. The molecule has 0 unspecified atom stereocenters. The summed E-state index contributed by atoms with van der Waals surface area (Å²) in [6, 6.07) is 57.7. The van der Waals surface area contributed by atoms with Crippen LogP contribution in [0.5, 0.6) is 0 Å². The van der Waals surface area contributed by atoms with Crippen LogP contribution in [0, 0.1) is 5.92 Å². The number of carbonyl (C=O) groups is 1. The molecule has 2 aliphatic heterocycles. The first-order chi connectivity index (χ1) is 32.6. The van der Waals surface area contributed by atoms with E-state index >= 15 is 0 Å². The molecule has 340 valence electrons. The van der Waals surface area contributed by atoms with E-state index in [0.29, 0.717) is 6.61 Å². The first-order valence-corrected chi connectivity index (χ1v) is 22.4. The van der Waals surface area contributed by atoms with Crippen LogP contribution in [0.25, 0.3) is 10.4 Å². The molecule has 6 aromatic rings. The zero-order valence-corrected chi connectivity index (χ0v) is 36.7. The highest BCUT2D eigenvalue weighted by molar-refractivity contribution is 5.78. The molecular formula is C54H55N3O9. The lowest BCUT2D eigenvalue weighted by Crippen LogP contribution is -2.68. The highest BCUT2D eigenvalue weighted by atomic mass is 16.6. The molecule has 0 saturated carbocycles. The van der Waals surface area contributed by atoms with Gasteiger partial charge in [0.2, 0.25) is 0 Å². The molecular weight excluding hydrogens is 835 g/mol. The monoisotopic (exact) mass is 889 g/mol. The van der Waals surface area contributed by atoms with E-state index in [4.69, 9.17) is 37.9 Å². The maximum Gasteiger partial charge on any atom is 0.317 e. The number of carbonyl (C=O) groups excluding carboxylic acids is 1. The van der Waals surface area contributed by atoms with Gasteiger partial charge in [0.25, 0.3) is 0 Å². The second-order valence-corrected chi connectivity index (χ2v) is 16.4. The van der Waals surface area contributed by atoms with Gasteiger partial charge in [-0.1, -0.05) is 187 Å². The Bertz CT molecular complexity index is 2380. The third-order valence-electron chi connectivity index (χ3n) is 11.8. The Labute approximate surface area is 385 Å². The molecule has 0 N–H and O–H groups in total. The van der Waals surface area contributed by atoms with Crippen molar-refractivity contribution in [2.45, 2.75) is 88.4 Å². The first-order valence-electron chi connectivity index (χ1n) is 22.4. The smallest absolute Gasteiger partial charge is 0.317 e. The molecule has 2 fully saturated rings. The summed E-state index contributed by atoms with van der Waals surface area (Å²) in [4.78, 5) is 17.2.